The Labute approximate surface area is 141 Å². The lowest BCUT2D eigenvalue weighted by Gasteiger charge is -2.26. The Kier molecular flexibility index (Phi) is 5.72. The third-order valence-electron chi connectivity index (χ3n) is 4.51. The molecule has 6 heteroatoms. The molecule has 1 aromatic rings. The molecule has 1 saturated heterocycles. The van der Waals surface area contributed by atoms with Crippen molar-refractivity contribution in [3.8, 4) is 0 Å². The van der Waals surface area contributed by atoms with E-state index < -0.39 is 23.3 Å². The summed E-state index contributed by atoms with van der Waals surface area (Å²) in [7, 11) is 0. The topological polar surface area (TPSA) is 98.5 Å². The number of ether oxygens (including phenoxy) is 1. The second-order valence-corrected chi connectivity index (χ2v) is 6.18. The fourth-order valence-electron chi connectivity index (χ4n) is 2.79. The summed E-state index contributed by atoms with van der Waals surface area (Å²) in [5.41, 5.74) is 5.31. The molecule has 0 saturated carbocycles. The van der Waals surface area contributed by atoms with Crippen molar-refractivity contribution in [1.29, 1.82) is 0 Å². The molecule has 1 fully saturated rings. The first kappa shape index (κ1) is 18.1. The van der Waals surface area contributed by atoms with Gasteiger partial charge in [0.1, 0.15) is 12.6 Å². The summed E-state index contributed by atoms with van der Waals surface area (Å²) < 4.78 is 5.33. The van der Waals surface area contributed by atoms with Gasteiger partial charge in [0.25, 0.3) is 0 Å². The molecular weight excluding hydrogens is 308 g/mol. The number of rotatable bonds is 7. The van der Waals surface area contributed by atoms with Gasteiger partial charge in [-0.15, -0.1) is 0 Å². The van der Waals surface area contributed by atoms with Crippen LogP contribution in [0.2, 0.25) is 0 Å². The van der Waals surface area contributed by atoms with E-state index in [4.69, 9.17) is 10.5 Å². The van der Waals surface area contributed by atoms with Crippen LogP contribution in [-0.4, -0.2) is 36.4 Å². The molecule has 1 heterocycles. The molecule has 0 aliphatic carbocycles. The van der Waals surface area contributed by atoms with Crippen LogP contribution in [0.15, 0.2) is 30.3 Å². The lowest BCUT2D eigenvalue weighted by Crippen LogP contribution is -2.46. The number of nitrogens with one attached hydrogen (secondary N) is 1. The van der Waals surface area contributed by atoms with Crippen molar-refractivity contribution >= 4 is 17.6 Å². The largest absolute Gasteiger partial charge is 0.369 e. The Balaban J connectivity index is 2.01. The van der Waals surface area contributed by atoms with Crippen LogP contribution in [0.3, 0.4) is 0 Å². The van der Waals surface area contributed by atoms with Gasteiger partial charge in [-0.25, -0.2) is 0 Å². The van der Waals surface area contributed by atoms with Crippen molar-refractivity contribution < 1.29 is 19.1 Å². The molecule has 6 nitrogen and oxygen atoms in total. The van der Waals surface area contributed by atoms with E-state index in [1.54, 1.807) is 19.1 Å². The van der Waals surface area contributed by atoms with Crippen LogP contribution >= 0.6 is 0 Å². The third kappa shape index (κ3) is 3.82. The lowest BCUT2D eigenvalue weighted by atomic mass is 9.78. The summed E-state index contributed by atoms with van der Waals surface area (Å²) in [5, 5.41) is 2.67. The van der Waals surface area contributed by atoms with Gasteiger partial charge in [0.2, 0.25) is 11.8 Å². The van der Waals surface area contributed by atoms with E-state index in [1.165, 1.54) is 6.42 Å². The molecule has 2 amide bonds. The van der Waals surface area contributed by atoms with Crippen LogP contribution in [0.25, 0.3) is 0 Å². The highest BCUT2D eigenvalue weighted by atomic mass is 16.5. The van der Waals surface area contributed by atoms with Crippen molar-refractivity contribution in [2.24, 2.45) is 5.73 Å². The highest BCUT2D eigenvalue weighted by Gasteiger charge is 2.37. The minimum atomic E-state index is -0.987. The fraction of sp³-hybridized carbons (Fsp3) is 0.444. The highest BCUT2D eigenvalue weighted by Crippen LogP contribution is 2.28. The first-order valence-electron chi connectivity index (χ1n) is 8.02. The van der Waals surface area contributed by atoms with E-state index in [0.29, 0.717) is 6.42 Å². The number of primary amides is 1. The maximum absolute atomic E-state index is 12.2. The van der Waals surface area contributed by atoms with Crippen LogP contribution in [0.1, 0.15) is 32.3 Å². The summed E-state index contributed by atoms with van der Waals surface area (Å²) in [6, 6.07) is 8.46. The summed E-state index contributed by atoms with van der Waals surface area (Å²) in [5.74, 6) is -1.05. The Morgan fingerprint density at radius 3 is 2.62 bits per heavy atom. The Morgan fingerprint density at radius 1 is 1.38 bits per heavy atom. The van der Waals surface area contributed by atoms with Gasteiger partial charge >= 0.3 is 0 Å². The second-order valence-electron chi connectivity index (χ2n) is 6.18. The summed E-state index contributed by atoms with van der Waals surface area (Å²) in [4.78, 5) is 35.9. The first-order chi connectivity index (χ1) is 11.4. The molecule has 3 unspecified atom stereocenters. The zero-order valence-electron chi connectivity index (χ0n) is 14.0. The lowest BCUT2D eigenvalue weighted by molar-refractivity contribution is -0.125. The molecule has 2 rings (SSSR count). The van der Waals surface area contributed by atoms with Crippen molar-refractivity contribution in [2.75, 3.05) is 6.61 Å². The minimum Gasteiger partial charge on any atom is -0.369 e. The predicted molar refractivity (Wildman–Crippen MR) is 88.9 cm³/mol. The predicted octanol–water partition coefficient (Wildman–Crippen LogP) is 0.887. The van der Waals surface area contributed by atoms with E-state index in [9.17, 15) is 14.4 Å². The molecule has 0 bridgehead atoms. The molecule has 3 N–H and O–H groups in total. The Bertz CT molecular complexity index is 617. The number of amides is 2. The SMILES string of the molecule is CCC1OCC(=O)C1NC(=O)[CH]CC(C)(C(N)=O)c1ccccc1. The number of Topliss-reactive ketones (excluding diaryl/α,β-unsaturated/α-hetero) is 1. The van der Waals surface area contributed by atoms with Gasteiger partial charge in [0.05, 0.1) is 17.9 Å². The Hall–Kier alpha value is -2.21. The number of nitrogens with two attached hydrogens (primary N) is 1. The first-order valence-corrected chi connectivity index (χ1v) is 8.02. The van der Waals surface area contributed by atoms with Gasteiger partial charge in [-0.3, -0.25) is 14.4 Å². The molecule has 129 valence electrons. The smallest absolute Gasteiger partial charge is 0.227 e. The molecule has 1 aliphatic heterocycles. The average Bonchev–Trinajstić information content (AvgIpc) is 2.93. The van der Waals surface area contributed by atoms with E-state index in [0.717, 1.165) is 5.56 Å². The van der Waals surface area contributed by atoms with E-state index in [-0.39, 0.29) is 24.9 Å². The van der Waals surface area contributed by atoms with E-state index in [2.05, 4.69) is 5.32 Å². The zero-order chi connectivity index (χ0) is 17.7. The standard InChI is InChI=1S/C18H23N2O4/c1-3-14-16(13(21)11-24-14)20-15(22)9-10-18(2,17(19)23)12-7-5-4-6-8-12/h4-9,14,16H,3,10-11H2,1-2H3,(H2,19,23)(H,20,22). The molecule has 1 aliphatic rings. The number of ketones is 1. The molecular formula is C18H23N2O4. The van der Waals surface area contributed by atoms with Gasteiger partial charge < -0.3 is 15.8 Å². The number of hydrogen-bond acceptors (Lipinski definition) is 4. The summed E-state index contributed by atoms with van der Waals surface area (Å²) in [6.07, 6.45) is 1.86. The van der Waals surface area contributed by atoms with Crippen LogP contribution < -0.4 is 11.1 Å². The maximum atomic E-state index is 12.2. The molecule has 1 aromatic carbocycles. The number of benzene rings is 1. The van der Waals surface area contributed by atoms with Gasteiger partial charge in [0, 0.05) is 0 Å². The Morgan fingerprint density at radius 2 is 2.04 bits per heavy atom. The summed E-state index contributed by atoms with van der Waals surface area (Å²) in [6.45, 7) is 3.62. The number of carbonyl (C=O) groups is 3. The van der Waals surface area contributed by atoms with E-state index in [1.807, 2.05) is 25.1 Å². The van der Waals surface area contributed by atoms with E-state index >= 15 is 0 Å². The quantitative estimate of drug-likeness (QED) is 0.775. The van der Waals surface area contributed by atoms with Gasteiger partial charge in [0.15, 0.2) is 5.78 Å². The molecule has 3 atom stereocenters. The molecule has 0 aromatic heterocycles. The van der Waals surface area contributed by atoms with Crippen LogP contribution in [0.4, 0.5) is 0 Å². The minimum absolute atomic E-state index is 0.0203. The van der Waals surface area contributed by atoms with Crippen molar-refractivity contribution in [3.63, 3.8) is 0 Å². The second kappa shape index (κ2) is 7.57. The third-order valence-corrected chi connectivity index (χ3v) is 4.51. The van der Waals surface area contributed by atoms with Gasteiger partial charge in [-0.2, -0.15) is 0 Å². The van der Waals surface area contributed by atoms with Crippen LogP contribution in [0.5, 0.6) is 0 Å². The highest BCUT2D eigenvalue weighted by molar-refractivity contribution is 5.95. The molecule has 0 spiro atoms. The normalized spacial score (nSPS) is 22.8. The van der Waals surface area contributed by atoms with Crippen LogP contribution in [-0.2, 0) is 24.5 Å². The maximum Gasteiger partial charge on any atom is 0.227 e. The van der Waals surface area contributed by atoms with Gasteiger partial charge in [-0.05, 0) is 25.3 Å². The van der Waals surface area contributed by atoms with Crippen molar-refractivity contribution in [2.45, 2.75) is 44.2 Å². The zero-order valence-corrected chi connectivity index (χ0v) is 14.0. The number of hydrogen-bond donors (Lipinski definition) is 2. The number of carbonyl (C=O) groups excluding carboxylic acids is 3. The van der Waals surface area contributed by atoms with Crippen LogP contribution in [0, 0.1) is 6.42 Å². The monoisotopic (exact) mass is 331 g/mol. The van der Waals surface area contributed by atoms with Gasteiger partial charge in [-0.1, -0.05) is 37.3 Å². The fourth-order valence-corrected chi connectivity index (χ4v) is 2.79. The molecule has 24 heavy (non-hydrogen) atoms. The molecule has 1 radical (unpaired) electrons. The van der Waals surface area contributed by atoms with Crippen molar-refractivity contribution in [3.05, 3.63) is 42.3 Å². The van der Waals surface area contributed by atoms with Crippen molar-refractivity contribution in [1.82, 2.24) is 5.32 Å². The average molecular weight is 331 g/mol. The summed E-state index contributed by atoms with van der Waals surface area (Å²) >= 11 is 0.